The van der Waals surface area contributed by atoms with Crippen molar-refractivity contribution in [2.45, 2.75) is 25.3 Å². The van der Waals surface area contributed by atoms with Crippen molar-refractivity contribution in [1.29, 1.82) is 0 Å². The number of aromatic nitrogens is 2. The summed E-state index contributed by atoms with van der Waals surface area (Å²) in [5, 5.41) is 18.3. The summed E-state index contributed by atoms with van der Waals surface area (Å²) < 4.78 is 1.91. The fourth-order valence-corrected chi connectivity index (χ4v) is 3.14. The van der Waals surface area contributed by atoms with Crippen molar-refractivity contribution in [3.63, 3.8) is 0 Å². The smallest absolute Gasteiger partial charge is 0.292 e. The third-order valence-corrected chi connectivity index (χ3v) is 4.40. The third-order valence-electron chi connectivity index (χ3n) is 4.40. The van der Waals surface area contributed by atoms with E-state index in [4.69, 9.17) is 0 Å². The number of nitro benzene ring substituents is 1. The van der Waals surface area contributed by atoms with Crippen LogP contribution in [0.5, 0.6) is 0 Å². The molecule has 0 saturated carbocycles. The van der Waals surface area contributed by atoms with Gasteiger partial charge in [-0.2, -0.15) is 5.10 Å². The van der Waals surface area contributed by atoms with E-state index < -0.39 is 4.92 Å². The fourth-order valence-electron chi connectivity index (χ4n) is 3.14. The molecule has 25 heavy (non-hydrogen) atoms. The number of carbonyl (C=O) groups is 1. The molecule has 0 unspecified atom stereocenters. The number of hydrogen-bond donors (Lipinski definition) is 1. The first-order chi connectivity index (χ1) is 12.1. The molecule has 1 aliphatic rings. The molecular formula is C17H21N5O3. The van der Waals surface area contributed by atoms with Gasteiger partial charge in [-0.15, -0.1) is 0 Å². The largest absolute Gasteiger partial charge is 0.379 e. The van der Waals surface area contributed by atoms with Gasteiger partial charge in [-0.1, -0.05) is 12.1 Å². The lowest BCUT2D eigenvalue weighted by molar-refractivity contribution is -0.384. The van der Waals surface area contributed by atoms with E-state index in [1.54, 1.807) is 24.4 Å². The number of likely N-dealkylation sites (tertiary alicyclic amines) is 1. The highest BCUT2D eigenvalue weighted by Crippen LogP contribution is 2.24. The number of nitro groups is 1. The summed E-state index contributed by atoms with van der Waals surface area (Å²) in [6.45, 7) is 1.78. The number of piperidine rings is 1. The van der Waals surface area contributed by atoms with Gasteiger partial charge in [-0.05, 0) is 25.0 Å². The maximum Gasteiger partial charge on any atom is 0.292 e. The number of rotatable bonds is 6. The molecule has 2 aromatic rings. The number of para-hydroxylation sites is 2. The van der Waals surface area contributed by atoms with Crippen LogP contribution >= 0.6 is 0 Å². The Labute approximate surface area is 145 Å². The molecule has 1 N–H and O–H groups in total. The average molecular weight is 343 g/mol. The molecule has 1 saturated heterocycles. The van der Waals surface area contributed by atoms with E-state index in [1.807, 2.05) is 21.8 Å². The number of nitrogens with one attached hydrogen (secondary N) is 1. The predicted octanol–water partition coefficient (Wildman–Crippen LogP) is 2.46. The molecule has 0 radical (unpaired) electrons. The van der Waals surface area contributed by atoms with E-state index in [2.05, 4.69) is 10.4 Å². The van der Waals surface area contributed by atoms with Crippen molar-refractivity contribution < 1.29 is 9.72 Å². The molecular weight excluding hydrogens is 322 g/mol. The third kappa shape index (κ3) is 4.14. The van der Waals surface area contributed by atoms with Gasteiger partial charge in [-0.25, -0.2) is 0 Å². The second kappa shape index (κ2) is 7.78. The summed E-state index contributed by atoms with van der Waals surface area (Å²) in [6, 6.07) is 8.56. The first kappa shape index (κ1) is 16.9. The quantitative estimate of drug-likeness (QED) is 0.642. The van der Waals surface area contributed by atoms with Crippen LogP contribution in [0.4, 0.5) is 11.4 Å². The second-order valence-corrected chi connectivity index (χ2v) is 6.07. The Morgan fingerprint density at radius 3 is 2.96 bits per heavy atom. The van der Waals surface area contributed by atoms with Crippen molar-refractivity contribution in [1.82, 2.24) is 14.7 Å². The molecule has 1 amide bonds. The molecule has 8 nitrogen and oxygen atoms in total. The molecule has 0 aliphatic carbocycles. The van der Waals surface area contributed by atoms with E-state index in [-0.39, 0.29) is 17.6 Å². The van der Waals surface area contributed by atoms with E-state index >= 15 is 0 Å². The Balaban J connectivity index is 1.52. The van der Waals surface area contributed by atoms with Crippen molar-refractivity contribution >= 4 is 17.3 Å². The van der Waals surface area contributed by atoms with E-state index in [0.29, 0.717) is 25.2 Å². The monoisotopic (exact) mass is 343 g/mol. The highest BCUT2D eigenvalue weighted by Gasteiger charge is 2.24. The lowest BCUT2D eigenvalue weighted by Gasteiger charge is -2.33. The summed E-state index contributed by atoms with van der Waals surface area (Å²) in [7, 11) is 0. The molecule has 1 aromatic heterocycles. The molecule has 1 fully saturated rings. The molecule has 0 spiro atoms. The van der Waals surface area contributed by atoms with Crippen LogP contribution in [0.2, 0.25) is 0 Å². The van der Waals surface area contributed by atoms with E-state index in [1.165, 1.54) is 6.07 Å². The summed E-state index contributed by atoms with van der Waals surface area (Å²) in [5.41, 5.74) is 0.458. The zero-order valence-corrected chi connectivity index (χ0v) is 13.9. The van der Waals surface area contributed by atoms with Gasteiger partial charge < -0.3 is 10.2 Å². The van der Waals surface area contributed by atoms with Crippen LogP contribution in [0.1, 0.15) is 25.3 Å². The van der Waals surface area contributed by atoms with Crippen molar-refractivity contribution in [2.24, 2.45) is 0 Å². The zero-order chi connectivity index (χ0) is 17.6. The molecule has 3 rings (SSSR count). The van der Waals surface area contributed by atoms with Gasteiger partial charge in [0.1, 0.15) is 5.69 Å². The van der Waals surface area contributed by atoms with Gasteiger partial charge in [0.2, 0.25) is 5.91 Å². The van der Waals surface area contributed by atoms with Crippen LogP contribution in [0.3, 0.4) is 0 Å². The Kier molecular flexibility index (Phi) is 5.27. The predicted molar refractivity (Wildman–Crippen MR) is 93.3 cm³/mol. The average Bonchev–Trinajstić information content (AvgIpc) is 3.17. The van der Waals surface area contributed by atoms with Crippen LogP contribution in [-0.4, -0.2) is 45.1 Å². The van der Waals surface area contributed by atoms with Gasteiger partial charge >= 0.3 is 0 Å². The first-order valence-corrected chi connectivity index (χ1v) is 8.39. The minimum atomic E-state index is -0.427. The Morgan fingerprint density at radius 2 is 2.20 bits per heavy atom. The van der Waals surface area contributed by atoms with Crippen molar-refractivity contribution in [2.75, 3.05) is 25.0 Å². The SMILES string of the molecule is O=C(CCNc1ccccc1[N+](=O)[O-])N1CCC[C@H](n2cccn2)C1. The Hall–Kier alpha value is -2.90. The maximum atomic E-state index is 12.4. The molecule has 1 aromatic carbocycles. The molecule has 0 bridgehead atoms. The zero-order valence-electron chi connectivity index (χ0n) is 13.9. The minimum Gasteiger partial charge on any atom is -0.379 e. The number of anilines is 1. The molecule has 1 aliphatic heterocycles. The first-order valence-electron chi connectivity index (χ1n) is 8.39. The van der Waals surface area contributed by atoms with Gasteiger partial charge in [0, 0.05) is 44.5 Å². The molecule has 2 heterocycles. The van der Waals surface area contributed by atoms with Gasteiger partial charge in [0.15, 0.2) is 0 Å². The van der Waals surface area contributed by atoms with E-state index in [0.717, 1.165) is 19.4 Å². The number of benzene rings is 1. The van der Waals surface area contributed by atoms with Gasteiger partial charge in [-0.3, -0.25) is 19.6 Å². The fraction of sp³-hybridized carbons (Fsp3) is 0.412. The lowest BCUT2D eigenvalue weighted by Crippen LogP contribution is -2.41. The van der Waals surface area contributed by atoms with Crippen LogP contribution in [0.25, 0.3) is 0 Å². The standard InChI is InChI=1S/C17H21N5O3/c23-17(8-10-18-15-6-1-2-7-16(15)22(24)25)20-11-3-5-14(13-20)21-12-4-9-19-21/h1-2,4,6-7,9,12,14,18H,3,5,8,10-11,13H2/t14-/m0/s1. The van der Waals surface area contributed by atoms with E-state index in [9.17, 15) is 14.9 Å². The molecule has 8 heteroatoms. The number of nitrogens with zero attached hydrogens (tertiary/aromatic N) is 4. The van der Waals surface area contributed by atoms with Crippen LogP contribution in [0, 0.1) is 10.1 Å². The molecule has 132 valence electrons. The van der Waals surface area contributed by atoms with Crippen LogP contribution in [-0.2, 0) is 4.79 Å². The minimum absolute atomic E-state index is 0.0201. The number of hydrogen-bond acceptors (Lipinski definition) is 5. The van der Waals surface area contributed by atoms with Crippen LogP contribution < -0.4 is 5.32 Å². The van der Waals surface area contributed by atoms with Crippen LogP contribution in [0.15, 0.2) is 42.7 Å². The summed E-state index contributed by atoms with van der Waals surface area (Å²) in [5.74, 6) is 0.0583. The maximum absolute atomic E-state index is 12.4. The number of carbonyl (C=O) groups excluding carboxylic acids is 1. The summed E-state index contributed by atoms with van der Waals surface area (Å²) in [6.07, 6.45) is 5.94. The van der Waals surface area contributed by atoms with Crippen molar-refractivity contribution in [3.8, 4) is 0 Å². The molecule has 1 atom stereocenters. The summed E-state index contributed by atoms with van der Waals surface area (Å²) >= 11 is 0. The Morgan fingerprint density at radius 1 is 1.36 bits per heavy atom. The number of amides is 1. The lowest BCUT2D eigenvalue weighted by atomic mass is 10.1. The van der Waals surface area contributed by atoms with Gasteiger partial charge in [0.05, 0.1) is 11.0 Å². The highest BCUT2D eigenvalue weighted by molar-refractivity contribution is 5.77. The highest BCUT2D eigenvalue weighted by atomic mass is 16.6. The van der Waals surface area contributed by atoms with Gasteiger partial charge in [0.25, 0.3) is 5.69 Å². The second-order valence-electron chi connectivity index (χ2n) is 6.07. The summed E-state index contributed by atoms with van der Waals surface area (Å²) in [4.78, 5) is 24.9. The van der Waals surface area contributed by atoms with Crippen molar-refractivity contribution in [3.05, 3.63) is 52.8 Å². The normalized spacial score (nSPS) is 17.3. The Bertz CT molecular complexity index is 732. The topological polar surface area (TPSA) is 93.3 Å².